The Hall–Kier alpha value is -3.18. The van der Waals surface area contributed by atoms with E-state index in [1.165, 1.54) is 6.07 Å². The average molecular weight is 512 g/mol. The SMILES string of the molecule is CN1CCN(Cc2ccc(CC(=O)c3ccc(Cl)c(C#Cc4cccnc4)c3)cc2C(F)(F)F)CC1. The number of piperazine rings is 1. The van der Waals surface area contributed by atoms with E-state index in [1.807, 2.05) is 11.9 Å². The van der Waals surface area contributed by atoms with Crippen LogP contribution in [0.25, 0.3) is 0 Å². The van der Waals surface area contributed by atoms with Gasteiger partial charge in [0.25, 0.3) is 0 Å². The second-order valence-corrected chi connectivity index (χ2v) is 9.26. The Balaban J connectivity index is 1.52. The molecule has 0 unspecified atom stereocenters. The zero-order valence-electron chi connectivity index (χ0n) is 19.8. The van der Waals surface area contributed by atoms with Crippen molar-refractivity contribution in [2.45, 2.75) is 19.1 Å². The maximum atomic E-state index is 13.9. The van der Waals surface area contributed by atoms with Gasteiger partial charge >= 0.3 is 6.18 Å². The predicted molar refractivity (Wildman–Crippen MR) is 134 cm³/mol. The molecule has 0 amide bonds. The van der Waals surface area contributed by atoms with E-state index in [0.29, 0.717) is 27.3 Å². The number of likely N-dealkylation sites (N-methyl/N-ethyl adjacent to an activating group) is 1. The highest BCUT2D eigenvalue weighted by molar-refractivity contribution is 6.31. The molecule has 4 nitrogen and oxygen atoms in total. The van der Waals surface area contributed by atoms with Gasteiger partial charge in [0.1, 0.15) is 0 Å². The Bertz CT molecular complexity index is 1290. The van der Waals surface area contributed by atoms with Gasteiger partial charge in [0, 0.05) is 68.2 Å². The lowest BCUT2D eigenvalue weighted by Crippen LogP contribution is -2.44. The van der Waals surface area contributed by atoms with Crippen LogP contribution < -0.4 is 0 Å². The van der Waals surface area contributed by atoms with Crippen LogP contribution in [0, 0.1) is 11.8 Å². The Kier molecular flexibility index (Phi) is 8.10. The molecule has 1 saturated heterocycles. The lowest BCUT2D eigenvalue weighted by Gasteiger charge is -2.33. The number of nitrogens with zero attached hydrogens (tertiary/aromatic N) is 3. The first-order valence-electron chi connectivity index (χ1n) is 11.5. The Morgan fingerprint density at radius 3 is 2.53 bits per heavy atom. The lowest BCUT2D eigenvalue weighted by molar-refractivity contribution is -0.138. The number of carbonyl (C=O) groups excluding carboxylic acids is 1. The number of hydrogen-bond acceptors (Lipinski definition) is 4. The summed E-state index contributed by atoms with van der Waals surface area (Å²) in [5.41, 5.74) is 1.34. The standard InChI is InChI=1S/C28H25ClF3N3O/c1-34-11-13-35(14-12-34)19-24-7-5-21(15-25(24)28(30,31)32)16-27(36)23-8-9-26(29)22(17-23)6-4-20-3-2-10-33-18-20/h2-3,5,7-10,15,17-18H,11-14,16,19H2,1H3. The first kappa shape index (κ1) is 25.9. The van der Waals surface area contributed by atoms with Crippen molar-refractivity contribution in [1.29, 1.82) is 0 Å². The molecule has 4 rings (SSSR count). The molecule has 3 aromatic rings. The molecule has 1 aromatic heterocycles. The van der Waals surface area contributed by atoms with Gasteiger partial charge in [-0.2, -0.15) is 13.2 Å². The molecule has 1 aliphatic rings. The molecular weight excluding hydrogens is 487 g/mol. The second kappa shape index (κ2) is 11.3. The van der Waals surface area contributed by atoms with E-state index in [2.05, 4.69) is 21.7 Å². The minimum Gasteiger partial charge on any atom is -0.304 e. The molecule has 0 saturated carbocycles. The average Bonchev–Trinajstić information content (AvgIpc) is 2.85. The summed E-state index contributed by atoms with van der Waals surface area (Å²) in [6, 6.07) is 12.5. The lowest BCUT2D eigenvalue weighted by atomic mass is 9.97. The quantitative estimate of drug-likeness (QED) is 0.343. The molecule has 36 heavy (non-hydrogen) atoms. The van der Waals surface area contributed by atoms with Crippen LogP contribution in [-0.2, 0) is 19.1 Å². The number of hydrogen-bond donors (Lipinski definition) is 0. The summed E-state index contributed by atoms with van der Waals surface area (Å²) < 4.78 is 41.6. The van der Waals surface area contributed by atoms with E-state index in [4.69, 9.17) is 11.6 Å². The van der Waals surface area contributed by atoms with E-state index in [0.717, 1.165) is 32.2 Å². The molecule has 2 aromatic carbocycles. The van der Waals surface area contributed by atoms with Crippen LogP contribution in [0.15, 0.2) is 60.9 Å². The van der Waals surface area contributed by atoms with E-state index >= 15 is 0 Å². The van der Waals surface area contributed by atoms with Crippen LogP contribution in [0.5, 0.6) is 0 Å². The third-order valence-electron chi connectivity index (χ3n) is 6.13. The summed E-state index contributed by atoms with van der Waals surface area (Å²) in [7, 11) is 2.00. The summed E-state index contributed by atoms with van der Waals surface area (Å²) >= 11 is 6.24. The highest BCUT2D eigenvalue weighted by Gasteiger charge is 2.34. The number of halogens is 4. The summed E-state index contributed by atoms with van der Waals surface area (Å²) in [4.78, 5) is 21.1. The largest absolute Gasteiger partial charge is 0.416 e. The molecule has 0 bridgehead atoms. The summed E-state index contributed by atoms with van der Waals surface area (Å²) in [6.45, 7) is 3.31. The van der Waals surface area contributed by atoms with Gasteiger partial charge in [0.2, 0.25) is 0 Å². The fourth-order valence-corrected chi connectivity index (χ4v) is 4.21. The molecule has 1 fully saturated rings. The van der Waals surface area contributed by atoms with Crippen molar-refractivity contribution >= 4 is 17.4 Å². The van der Waals surface area contributed by atoms with Crippen molar-refractivity contribution in [3.63, 3.8) is 0 Å². The highest BCUT2D eigenvalue weighted by atomic mass is 35.5. The van der Waals surface area contributed by atoms with E-state index in [1.54, 1.807) is 48.8 Å². The van der Waals surface area contributed by atoms with E-state index < -0.39 is 11.7 Å². The van der Waals surface area contributed by atoms with Gasteiger partial charge < -0.3 is 4.90 Å². The maximum Gasteiger partial charge on any atom is 0.416 e. The van der Waals surface area contributed by atoms with Gasteiger partial charge in [0.05, 0.1) is 10.6 Å². The van der Waals surface area contributed by atoms with Crippen LogP contribution in [0.1, 0.15) is 38.2 Å². The first-order chi connectivity index (χ1) is 17.2. The summed E-state index contributed by atoms with van der Waals surface area (Å²) in [5, 5.41) is 0.385. The molecule has 0 N–H and O–H groups in total. The van der Waals surface area contributed by atoms with Crippen molar-refractivity contribution in [3.05, 3.63) is 99.3 Å². The number of aromatic nitrogens is 1. The van der Waals surface area contributed by atoms with Crippen molar-refractivity contribution in [3.8, 4) is 11.8 Å². The minimum atomic E-state index is -4.50. The van der Waals surface area contributed by atoms with Gasteiger partial charge in [-0.25, -0.2) is 0 Å². The Morgan fingerprint density at radius 1 is 1.06 bits per heavy atom. The number of alkyl halides is 3. The fraction of sp³-hybridized carbons (Fsp3) is 0.286. The van der Waals surface area contributed by atoms with Crippen LogP contribution in [0.2, 0.25) is 5.02 Å². The first-order valence-corrected chi connectivity index (χ1v) is 11.9. The molecule has 0 spiro atoms. The molecule has 0 atom stereocenters. The maximum absolute atomic E-state index is 13.9. The van der Waals surface area contributed by atoms with E-state index in [-0.39, 0.29) is 24.3 Å². The zero-order chi connectivity index (χ0) is 25.7. The monoisotopic (exact) mass is 511 g/mol. The molecule has 2 heterocycles. The van der Waals surface area contributed by atoms with Crippen molar-refractivity contribution in [1.82, 2.24) is 14.8 Å². The van der Waals surface area contributed by atoms with Gasteiger partial charge in [-0.1, -0.05) is 35.6 Å². The van der Waals surface area contributed by atoms with Crippen molar-refractivity contribution in [2.24, 2.45) is 0 Å². The van der Waals surface area contributed by atoms with Crippen molar-refractivity contribution < 1.29 is 18.0 Å². The van der Waals surface area contributed by atoms with Gasteiger partial charge in [-0.05, 0) is 54.6 Å². The number of benzene rings is 2. The molecule has 1 aliphatic heterocycles. The van der Waals surface area contributed by atoms with Crippen LogP contribution in [0.3, 0.4) is 0 Å². The molecular formula is C28H25ClF3N3O. The molecule has 8 heteroatoms. The number of pyridine rings is 1. The minimum absolute atomic E-state index is 0.158. The molecule has 186 valence electrons. The van der Waals surface area contributed by atoms with Gasteiger partial charge in [-0.15, -0.1) is 0 Å². The number of rotatable bonds is 5. The van der Waals surface area contributed by atoms with Crippen LogP contribution in [-0.4, -0.2) is 53.8 Å². The Labute approximate surface area is 213 Å². The predicted octanol–water partition coefficient (Wildman–Crippen LogP) is 5.33. The van der Waals surface area contributed by atoms with E-state index in [9.17, 15) is 18.0 Å². The summed E-state index contributed by atoms with van der Waals surface area (Å²) in [6.07, 6.45) is -1.41. The van der Waals surface area contributed by atoms with Crippen LogP contribution in [0.4, 0.5) is 13.2 Å². The third-order valence-corrected chi connectivity index (χ3v) is 6.46. The van der Waals surface area contributed by atoms with Gasteiger partial charge in [-0.3, -0.25) is 14.7 Å². The third kappa shape index (κ3) is 6.73. The Morgan fingerprint density at radius 2 is 1.83 bits per heavy atom. The number of carbonyl (C=O) groups is 1. The van der Waals surface area contributed by atoms with Crippen LogP contribution >= 0.6 is 11.6 Å². The molecule has 0 radical (unpaired) electrons. The second-order valence-electron chi connectivity index (χ2n) is 8.85. The molecule has 0 aliphatic carbocycles. The number of ketones is 1. The zero-order valence-corrected chi connectivity index (χ0v) is 20.5. The smallest absolute Gasteiger partial charge is 0.304 e. The summed E-state index contributed by atoms with van der Waals surface area (Å²) in [5.74, 6) is 5.57. The topological polar surface area (TPSA) is 36.4 Å². The van der Waals surface area contributed by atoms with Crippen molar-refractivity contribution in [2.75, 3.05) is 33.2 Å². The van der Waals surface area contributed by atoms with Gasteiger partial charge in [0.15, 0.2) is 5.78 Å². The number of Topliss-reactive ketones (excluding diaryl/α,β-unsaturated/α-hetero) is 1. The normalized spacial score (nSPS) is 14.8. The highest BCUT2D eigenvalue weighted by Crippen LogP contribution is 2.34. The fourth-order valence-electron chi connectivity index (χ4n) is 4.04.